The molecule has 1 heterocycles. The van der Waals surface area contributed by atoms with Crippen molar-refractivity contribution in [1.29, 1.82) is 0 Å². The molecule has 0 atom stereocenters. The van der Waals surface area contributed by atoms with Gasteiger partial charge in [-0.05, 0) is 36.7 Å². The minimum Gasteiger partial charge on any atom is -0.445 e. The molecule has 0 bridgehead atoms. The second kappa shape index (κ2) is 6.26. The summed E-state index contributed by atoms with van der Waals surface area (Å²) in [5.74, 6) is 0. The molecule has 2 N–H and O–H groups in total. The SMILES string of the molecule is O=C(NC1(CO)CC2(CCOCC2)C1)OCc1ccccc1. The zero-order valence-electron chi connectivity index (χ0n) is 12.7. The highest BCUT2D eigenvalue weighted by atomic mass is 16.5. The molecule has 2 aliphatic rings. The van der Waals surface area contributed by atoms with Gasteiger partial charge in [-0.2, -0.15) is 0 Å². The Morgan fingerprint density at radius 1 is 1.23 bits per heavy atom. The fourth-order valence-corrected chi connectivity index (χ4v) is 3.76. The van der Waals surface area contributed by atoms with Gasteiger partial charge in [-0.25, -0.2) is 4.79 Å². The number of hydrogen-bond donors (Lipinski definition) is 2. The molecule has 2 fully saturated rings. The first-order valence-corrected chi connectivity index (χ1v) is 7.83. The number of hydrogen-bond acceptors (Lipinski definition) is 4. The summed E-state index contributed by atoms with van der Waals surface area (Å²) in [5, 5.41) is 12.6. The van der Waals surface area contributed by atoms with Crippen molar-refractivity contribution < 1.29 is 19.4 Å². The first-order chi connectivity index (χ1) is 10.7. The molecule has 1 spiro atoms. The average Bonchev–Trinajstić information content (AvgIpc) is 2.53. The molecule has 1 aliphatic carbocycles. The zero-order chi connectivity index (χ0) is 15.5. The standard InChI is InChI=1S/C17H23NO4/c19-13-17(11-16(12-17)6-8-21-9-7-16)18-15(20)22-10-14-4-2-1-3-5-14/h1-5,19H,6-13H2,(H,18,20). The maximum atomic E-state index is 12.0. The molecule has 0 unspecified atom stereocenters. The average molecular weight is 305 g/mol. The molecule has 1 aromatic carbocycles. The molecule has 1 aliphatic heterocycles. The second-order valence-corrected chi connectivity index (χ2v) is 6.59. The lowest BCUT2D eigenvalue weighted by Gasteiger charge is -2.57. The largest absolute Gasteiger partial charge is 0.445 e. The van der Waals surface area contributed by atoms with E-state index in [1.807, 2.05) is 30.3 Å². The first kappa shape index (κ1) is 15.3. The minimum atomic E-state index is -0.523. The lowest BCUT2D eigenvalue weighted by molar-refractivity contribution is -0.0960. The highest BCUT2D eigenvalue weighted by molar-refractivity contribution is 5.68. The third-order valence-electron chi connectivity index (χ3n) is 4.86. The van der Waals surface area contributed by atoms with Crippen molar-refractivity contribution in [2.75, 3.05) is 19.8 Å². The summed E-state index contributed by atoms with van der Waals surface area (Å²) < 4.78 is 10.6. The fraction of sp³-hybridized carbons (Fsp3) is 0.588. The van der Waals surface area contributed by atoms with Gasteiger partial charge >= 0.3 is 6.09 Å². The van der Waals surface area contributed by atoms with E-state index in [2.05, 4.69) is 5.32 Å². The van der Waals surface area contributed by atoms with E-state index in [0.29, 0.717) is 0 Å². The van der Waals surface area contributed by atoms with Gasteiger partial charge in [0.2, 0.25) is 0 Å². The Morgan fingerprint density at radius 2 is 1.91 bits per heavy atom. The van der Waals surface area contributed by atoms with Crippen LogP contribution in [0, 0.1) is 5.41 Å². The van der Waals surface area contributed by atoms with Crippen molar-refractivity contribution in [3.8, 4) is 0 Å². The maximum Gasteiger partial charge on any atom is 0.407 e. The number of benzene rings is 1. The van der Waals surface area contributed by atoms with Crippen LogP contribution in [0.4, 0.5) is 4.79 Å². The number of amides is 1. The van der Waals surface area contributed by atoms with Crippen LogP contribution in [-0.2, 0) is 16.1 Å². The Bertz CT molecular complexity index is 503. The number of aliphatic hydroxyl groups is 1. The number of aliphatic hydroxyl groups excluding tert-OH is 1. The van der Waals surface area contributed by atoms with Gasteiger partial charge in [-0.1, -0.05) is 30.3 Å². The van der Waals surface area contributed by atoms with Crippen LogP contribution in [0.1, 0.15) is 31.2 Å². The molecular weight excluding hydrogens is 282 g/mol. The van der Waals surface area contributed by atoms with E-state index in [1.165, 1.54) is 0 Å². The van der Waals surface area contributed by atoms with Crippen molar-refractivity contribution in [2.45, 2.75) is 37.8 Å². The van der Waals surface area contributed by atoms with E-state index < -0.39 is 11.6 Å². The van der Waals surface area contributed by atoms with E-state index in [0.717, 1.165) is 44.5 Å². The Kier molecular flexibility index (Phi) is 4.36. The Morgan fingerprint density at radius 3 is 2.55 bits per heavy atom. The predicted octanol–water partition coefficient (Wildman–Crippen LogP) is 2.23. The highest BCUT2D eigenvalue weighted by Gasteiger charge is 2.55. The lowest BCUT2D eigenvalue weighted by atomic mass is 9.54. The van der Waals surface area contributed by atoms with Crippen molar-refractivity contribution >= 4 is 6.09 Å². The number of alkyl carbamates (subject to hydrolysis) is 1. The Labute approximate surface area is 130 Å². The molecule has 5 nitrogen and oxygen atoms in total. The Balaban J connectivity index is 1.50. The van der Waals surface area contributed by atoms with Crippen molar-refractivity contribution in [3.63, 3.8) is 0 Å². The van der Waals surface area contributed by atoms with E-state index >= 15 is 0 Å². The number of nitrogens with one attached hydrogen (secondary N) is 1. The monoisotopic (exact) mass is 305 g/mol. The van der Waals surface area contributed by atoms with Gasteiger partial charge in [-0.15, -0.1) is 0 Å². The number of ether oxygens (including phenoxy) is 2. The molecule has 5 heteroatoms. The predicted molar refractivity (Wildman–Crippen MR) is 81.3 cm³/mol. The summed E-state index contributed by atoms with van der Waals surface area (Å²) >= 11 is 0. The van der Waals surface area contributed by atoms with Gasteiger partial charge in [-0.3, -0.25) is 0 Å². The van der Waals surface area contributed by atoms with E-state index in [-0.39, 0.29) is 18.6 Å². The summed E-state index contributed by atoms with van der Waals surface area (Å²) in [5.41, 5.74) is 0.656. The summed E-state index contributed by atoms with van der Waals surface area (Å²) in [6.07, 6.45) is 3.17. The van der Waals surface area contributed by atoms with Crippen LogP contribution in [0.3, 0.4) is 0 Å². The summed E-state index contributed by atoms with van der Waals surface area (Å²) in [4.78, 5) is 12.0. The minimum absolute atomic E-state index is 0.0456. The topological polar surface area (TPSA) is 67.8 Å². The van der Waals surface area contributed by atoms with Crippen molar-refractivity contribution in [2.24, 2.45) is 5.41 Å². The molecule has 120 valence electrons. The quantitative estimate of drug-likeness (QED) is 0.895. The number of carbonyl (C=O) groups is 1. The highest BCUT2D eigenvalue weighted by Crippen LogP contribution is 2.54. The lowest BCUT2D eigenvalue weighted by Crippen LogP contribution is -2.65. The van der Waals surface area contributed by atoms with Crippen LogP contribution in [0.2, 0.25) is 0 Å². The maximum absolute atomic E-state index is 12.0. The van der Waals surface area contributed by atoms with Crippen LogP contribution >= 0.6 is 0 Å². The normalized spacial score (nSPS) is 21.9. The molecule has 0 radical (unpaired) electrons. The number of carbonyl (C=O) groups excluding carboxylic acids is 1. The van der Waals surface area contributed by atoms with Gasteiger partial charge in [0.05, 0.1) is 12.1 Å². The summed E-state index contributed by atoms with van der Waals surface area (Å²) in [6.45, 7) is 1.75. The third kappa shape index (κ3) is 3.25. The molecule has 1 aromatic rings. The summed E-state index contributed by atoms with van der Waals surface area (Å²) in [6, 6.07) is 9.57. The van der Waals surface area contributed by atoms with Crippen molar-refractivity contribution in [3.05, 3.63) is 35.9 Å². The zero-order valence-corrected chi connectivity index (χ0v) is 12.7. The van der Waals surface area contributed by atoms with Gasteiger partial charge in [0.15, 0.2) is 0 Å². The van der Waals surface area contributed by atoms with E-state index in [1.54, 1.807) is 0 Å². The van der Waals surface area contributed by atoms with Crippen LogP contribution in [0.15, 0.2) is 30.3 Å². The van der Waals surface area contributed by atoms with Crippen LogP contribution in [0.5, 0.6) is 0 Å². The molecule has 0 aromatic heterocycles. The van der Waals surface area contributed by atoms with Gasteiger partial charge in [0.25, 0.3) is 0 Å². The Hall–Kier alpha value is -1.59. The van der Waals surface area contributed by atoms with Gasteiger partial charge < -0.3 is 19.9 Å². The first-order valence-electron chi connectivity index (χ1n) is 7.83. The molecule has 1 amide bonds. The van der Waals surface area contributed by atoms with Crippen LogP contribution < -0.4 is 5.32 Å². The second-order valence-electron chi connectivity index (χ2n) is 6.59. The van der Waals surface area contributed by atoms with Gasteiger partial charge in [0.1, 0.15) is 6.61 Å². The molecule has 3 rings (SSSR count). The third-order valence-corrected chi connectivity index (χ3v) is 4.86. The summed E-state index contributed by atoms with van der Waals surface area (Å²) in [7, 11) is 0. The smallest absolute Gasteiger partial charge is 0.407 e. The molecule has 1 saturated carbocycles. The van der Waals surface area contributed by atoms with Crippen LogP contribution in [0.25, 0.3) is 0 Å². The number of rotatable bonds is 4. The fourth-order valence-electron chi connectivity index (χ4n) is 3.76. The molecule has 22 heavy (non-hydrogen) atoms. The van der Waals surface area contributed by atoms with Crippen LogP contribution in [-0.4, -0.2) is 36.6 Å². The van der Waals surface area contributed by atoms with Gasteiger partial charge in [0, 0.05) is 13.2 Å². The molecular formula is C17H23NO4. The van der Waals surface area contributed by atoms with E-state index in [9.17, 15) is 9.90 Å². The molecule has 1 saturated heterocycles. The van der Waals surface area contributed by atoms with Crippen molar-refractivity contribution in [1.82, 2.24) is 5.32 Å². The van der Waals surface area contributed by atoms with E-state index in [4.69, 9.17) is 9.47 Å².